The van der Waals surface area contributed by atoms with Crippen molar-refractivity contribution in [1.82, 2.24) is 0 Å². The van der Waals surface area contributed by atoms with Gasteiger partial charge in [0.2, 0.25) is 0 Å². The third kappa shape index (κ3) is 3.22. The maximum absolute atomic E-state index is 12.6. The van der Waals surface area contributed by atoms with Crippen molar-refractivity contribution in [2.24, 2.45) is 0 Å². The maximum atomic E-state index is 12.6. The summed E-state index contributed by atoms with van der Waals surface area (Å²) in [5, 5.41) is 9.04. The van der Waals surface area contributed by atoms with Crippen LogP contribution in [0.1, 0.15) is 38.3 Å². The van der Waals surface area contributed by atoms with Crippen molar-refractivity contribution >= 4 is 29.6 Å². The van der Waals surface area contributed by atoms with Crippen LogP contribution in [0, 0.1) is 0 Å². The SMILES string of the molecule is CSc1ccc(/C=C2\CCc3cc(C(=O)O)ccc3C2=O)cc1. The number of ketones is 1. The minimum atomic E-state index is -0.963. The first-order valence-corrected chi connectivity index (χ1v) is 8.56. The van der Waals surface area contributed by atoms with Gasteiger partial charge in [0.25, 0.3) is 0 Å². The van der Waals surface area contributed by atoms with E-state index < -0.39 is 5.97 Å². The number of hydrogen-bond donors (Lipinski definition) is 1. The van der Waals surface area contributed by atoms with E-state index in [9.17, 15) is 9.59 Å². The molecular formula is C19H16O3S. The first kappa shape index (κ1) is 15.6. The van der Waals surface area contributed by atoms with E-state index in [1.54, 1.807) is 23.9 Å². The lowest BCUT2D eigenvalue weighted by Crippen LogP contribution is -2.15. The summed E-state index contributed by atoms with van der Waals surface area (Å²) in [6.45, 7) is 0. The van der Waals surface area contributed by atoms with Gasteiger partial charge in [-0.3, -0.25) is 4.79 Å². The van der Waals surface area contributed by atoms with Gasteiger partial charge in [-0.1, -0.05) is 12.1 Å². The molecule has 1 aliphatic carbocycles. The van der Waals surface area contributed by atoms with Crippen molar-refractivity contribution in [3.05, 3.63) is 70.3 Å². The molecule has 0 bridgehead atoms. The van der Waals surface area contributed by atoms with Crippen LogP contribution < -0.4 is 0 Å². The molecule has 2 aromatic rings. The van der Waals surface area contributed by atoms with Crippen LogP contribution in [0.15, 0.2) is 52.9 Å². The Kier molecular flexibility index (Phi) is 4.35. The summed E-state index contributed by atoms with van der Waals surface area (Å²) in [4.78, 5) is 24.8. The standard InChI is InChI=1S/C19H16O3S/c1-23-16-7-2-12(3-8-16)10-14-5-4-13-11-15(19(21)22)6-9-17(13)18(14)20/h2-3,6-11H,4-5H2,1H3,(H,21,22)/b14-10+. The number of fused-ring (bicyclic) bond motifs is 1. The largest absolute Gasteiger partial charge is 0.478 e. The smallest absolute Gasteiger partial charge is 0.335 e. The Morgan fingerprint density at radius 3 is 2.52 bits per heavy atom. The lowest BCUT2D eigenvalue weighted by atomic mass is 9.85. The molecular weight excluding hydrogens is 308 g/mol. The van der Waals surface area contributed by atoms with Gasteiger partial charge in [0.05, 0.1) is 5.56 Å². The molecule has 0 fully saturated rings. The Hall–Kier alpha value is -2.33. The molecule has 0 saturated heterocycles. The van der Waals surface area contributed by atoms with Gasteiger partial charge >= 0.3 is 5.97 Å². The molecule has 23 heavy (non-hydrogen) atoms. The zero-order chi connectivity index (χ0) is 16.4. The lowest BCUT2D eigenvalue weighted by Gasteiger charge is -2.18. The van der Waals surface area contributed by atoms with E-state index in [0.717, 1.165) is 16.7 Å². The molecule has 2 aromatic carbocycles. The Bertz CT molecular complexity index is 804. The Balaban J connectivity index is 1.90. The Morgan fingerprint density at radius 1 is 1.13 bits per heavy atom. The van der Waals surface area contributed by atoms with Crippen molar-refractivity contribution in [1.29, 1.82) is 0 Å². The molecule has 0 radical (unpaired) electrons. The van der Waals surface area contributed by atoms with Crippen LogP contribution in [0.2, 0.25) is 0 Å². The molecule has 0 amide bonds. The van der Waals surface area contributed by atoms with Crippen LogP contribution >= 0.6 is 11.8 Å². The van der Waals surface area contributed by atoms with Gasteiger partial charge in [-0.15, -0.1) is 11.8 Å². The second-order valence-electron chi connectivity index (χ2n) is 5.45. The van der Waals surface area contributed by atoms with Gasteiger partial charge < -0.3 is 5.11 Å². The Morgan fingerprint density at radius 2 is 1.87 bits per heavy atom. The topological polar surface area (TPSA) is 54.4 Å². The predicted octanol–water partition coefficient (Wildman–Crippen LogP) is 4.32. The monoisotopic (exact) mass is 324 g/mol. The highest BCUT2D eigenvalue weighted by atomic mass is 32.2. The van der Waals surface area contributed by atoms with Gasteiger partial charge in [-0.25, -0.2) is 4.79 Å². The molecule has 1 aliphatic rings. The van der Waals surface area contributed by atoms with Crippen molar-refractivity contribution in [3.8, 4) is 0 Å². The minimum Gasteiger partial charge on any atom is -0.478 e. The number of carbonyl (C=O) groups is 2. The molecule has 0 heterocycles. The number of Topliss-reactive ketones (excluding diaryl/α,β-unsaturated/α-hetero) is 1. The molecule has 0 unspecified atom stereocenters. The van der Waals surface area contributed by atoms with Crippen molar-refractivity contribution in [2.45, 2.75) is 17.7 Å². The second kappa shape index (κ2) is 6.42. The zero-order valence-electron chi connectivity index (χ0n) is 12.7. The van der Waals surface area contributed by atoms with Crippen molar-refractivity contribution in [2.75, 3.05) is 6.26 Å². The maximum Gasteiger partial charge on any atom is 0.335 e. The highest BCUT2D eigenvalue weighted by Crippen LogP contribution is 2.28. The third-order valence-corrected chi connectivity index (χ3v) is 4.75. The first-order valence-electron chi connectivity index (χ1n) is 7.34. The van der Waals surface area contributed by atoms with Crippen LogP contribution in [-0.4, -0.2) is 23.1 Å². The number of carbonyl (C=O) groups excluding carboxylic acids is 1. The number of allylic oxidation sites excluding steroid dienone is 1. The normalized spacial score (nSPS) is 15.5. The Labute approximate surface area is 139 Å². The van der Waals surface area contributed by atoms with E-state index in [1.165, 1.54) is 11.0 Å². The fraction of sp³-hybridized carbons (Fsp3) is 0.158. The first-order chi connectivity index (χ1) is 11.1. The van der Waals surface area contributed by atoms with E-state index >= 15 is 0 Å². The molecule has 4 heteroatoms. The van der Waals surface area contributed by atoms with Gasteiger partial charge in [0.15, 0.2) is 5.78 Å². The lowest BCUT2D eigenvalue weighted by molar-refractivity contribution is 0.0696. The third-order valence-electron chi connectivity index (χ3n) is 4.01. The summed E-state index contributed by atoms with van der Waals surface area (Å²) >= 11 is 1.68. The van der Waals surface area contributed by atoms with Crippen LogP contribution in [0.3, 0.4) is 0 Å². The molecule has 1 N–H and O–H groups in total. The number of hydrogen-bond acceptors (Lipinski definition) is 3. The fourth-order valence-corrected chi connectivity index (χ4v) is 3.16. The summed E-state index contributed by atoms with van der Waals surface area (Å²) in [5.41, 5.74) is 3.46. The van der Waals surface area contributed by atoms with E-state index in [1.807, 2.05) is 36.6 Å². The molecule has 0 aromatic heterocycles. The number of rotatable bonds is 3. The molecule has 0 saturated carbocycles. The molecule has 0 atom stereocenters. The number of thioether (sulfide) groups is 1. The van der Waals surface area contributed by atoms with Crippen LogP contribution in [0.5, 0.6) is 0 Å². The van der Waals surface area contributed by atoms with Crippen LogP contribution in [-0.2, 0) is 6.42 Å². The van der Waals surface area contributed by atoms with Gasteiger partial charge in [-0.05, 0) is 66.6 Å². The molecule has 3 nitrogen and oxygen atoms in total. The van der Waals surface area contributed by atoms with E-state index in [2.05, 4.69) is 0 Å². The number of carboxylic acids is 1. The molecule has 0 spiro atoms. The summed E-state index contributed by atoms with van der Waals surface area (Å²) < 4.78 is 0. The summed E-state index contributed by atoms with van der Waals surface area (Å²) in [7, 11) is 0. The number of carboxylic acid groups (broad SMARTS) is 1. The summed E-state index contributed by atoms with van der Waals surface area (Å²) in [6, 6.07) is 12.8. The molecule has 116 valence electrons. The highest BCUT2D eigenvalue weighted by Gasteiger charge is 2.22. The zero-order valence-corrected chi connectivity index (χ0v) is 13.5. The number of benzene rings is 2. The molecule has 0 aliphatic heterocycles. The quantitative estimate of drug-likeness (QED) is 0.675. The number of aromatic carboxylic acids is 1. The van der Waals surface area contributed by atoms with Crippen molar-refractivity contribution < 1.29 is 14.7 Å². The van der Waals surface area contributed by atoms with Crippen LogP contribution in [0.25, 0.3) is 6.08 Å². The molecule has 3 rings (SSSR count). The fourth-order valence-electron chi connectivity index (χ4n) is 2.75. The predicted molar refractivity (Wildman–Crippen MR) is 92.3 cm³/mol. The van der Waals surface area contributed by atoms with Gasteiger partial charge in [0.1, 0.15) is 0 Å². The van der Waals surface area contributed by atoms with Gasteiger partial charge in [-0.2, -0.15) is 0 Å². The van der Waals surface area contributed by atoms with Crippen molar-refractivity contribution in [3.63, 3.8) is 0 Å². The van der Waals surface area contributed by atoms with E-state index in [4.69, 9.17) is 5.11 Å². The summed E-state index contributed by atoms with van der Waals surface area (Å²) in [5.74, 6) is -0.965. The van der Waals surface area contributed by atoms with Crippen LogP contribution in [0.4, 0.5) is 0 Å². The second-order valence-corrected chi connectivity index (χ2v) is 6.33. The summed E-state index contributed by atoms with van der Waals surface area (Å²) in [6.07, 6.45) is 5.29. The highest BCUT2D eigenvalue weighted by molar-refractivity contribution is 7.98. The minimum absolute atomic E-state index is 0.00266. The number of aryl methyl sites for hydroxylation is 1. The average Bonchev–Trinajstić information content (AvgIpc) is 2.57. The van der Waals surface area contributed by atoms with Gasteiger partial charge in [0, 0.05) is 16.0 Å². The average molecular weight is 324 g/mol. The van der Waals surface area contributed by atoms with E-state index in [-0.39, 0.29) is 11.3 Å². The van der Waals surface area contributed by atoms with E-state index in [0.29, 0.717) is 18.4 Å².